The van der Waals surface area contributed by atoms with E-state index in [1.807, 2.05) is 18.2 Å². The van der Waals surface area contributed by atoms with E-state index in [2.05, 4.69) is 32.8 Å². The maximum atomic E-state index is 5.50. The summed E-state index contributed by atoms with van der Waals surface area (Å²) in [6.07, 6.45) is 3.41. The van der Waals surface area contributed by atoms with Gasteiger partial charge in [-0.1, -0.05) is 0 Å². The third-order valence-electron chi connectivity index (χ3n) is 5.07. The third-order valence-corrected chi connectivity index (χ3v) is 6.02. The minimum Gasteiger partial charge on any atom is -0.497 e. The minimum atomic E-state index is 0.00675. The number of hydrogen-bond acceptors (Lipinski definition) is 6. The van der Waals surface area contributed by atoms with Crippen molar-refractivity contribution in [3.8, 4) is 11.5 Å². The Labute approximate surface area is 177 Å². The van der Waals surface area contributed by atoms with Gasteiger partial charge < -0.3 is 25.0 Å². The Bertz CT molecular complexity index is 817. The molecule has 1 aliphatic heterocycles. The molecule has 1 fully saturated rings. The molecule has 0 saturated carbocycles. The van der Waals surface area contributed by atoms with E-state index >= 15 is 0 Å². The van der Waals surface area contributed by atoms with Gasteiger partial charge in [0.05, 0.1) is 26.0 Å². The third kappa shape index (κ3) is 5.53. The van der Waals surface area contributed by atoms with Crippen LogP contribution in [0.3, 0.4) is 0 Å². The van der Waals surface area contributed by atoms with Gasteiger partial charge in [0, 0.05) is 44.0 Å². The molecule has 2 aromatic rings. The molecule has 1 atom stereocenters. The number of ether oxygens (including phenoxy) is 2. The summed E-state index contributed by atoms with van der Waals surface area (Å²) in [4.78, 5) is 11.5. The average Bonchev–Trinajstić information content (AvgIpc) is 3.44. The highest BCUT2D eigenvalue weighted by atomic mass is 32.1. The molecule has 1 unspecified atom stereocenters. The van der Waals surface area contributed by atoms with Crippen LogP contribution in [-0.4, -0.2) is 51.8 Å². The molecule has 0 aliphatic carbocycles. The molecule has 1 saturated heterocycles. The summed E-state index contributed by atoms with van der Waals surface area (Å²) in [5.74, 6) is 2.37. The first-order valence-corrected chi connectivity index (χ1v) is 10.9. The maximum absolute atomic E-state index is 5.50. The number of aliphatic imine (C=N–C) groups is 1. The van der Waals surface area contributed by atoms with Crippen molar-refractivity contribution in [1.82, 2.24) is 15.6 Å². The number of guanidine groups is 1. The van der Waals surface area contributed by atoms with Crippen LogP contribution in [0, 0.1) is 0 Å². The van der Waals surface area contributed by atoms with Crippen LogP contribution in [0.4, 0.5) is 5.13 Å². The number of thiazole rings is 1. The Morgan fingerprint density at radius 3 is 2.76 bits per heavy atom. The van der Waals surface area contributed by atoms with Crippen LogP contribution < -0.4 is 25.0 Å². The highest BCUT2D eigenvalue weighted by molar-refractivity contribution is 7.13. The number of benzene rings is 1. The molecular formula is C21H31N5O2S. The fourth-order valence-electron chi connectivity index (χ4n) is 3.43. The van der Waals surface area contributed by atoms with Gasteiger partial charge >= 0.3 is 0 Å². The van der Waals surface area contributed by atoms with E-state index in [1.54, 1.807) is 32.6 Å². The van der Waals surface area contributed by atoms with E-state index in [9.17, 15) is 0 Å². The molecule has 158 valence electrons. The number of anilines is 1. The van der Waals surface area contributed by atoms with Gasteiger partial charge in [-0.05, 0) is 38.0 Å². The minimum absolute atomic E-state index is 0.00675. The van der Waals surface area contributed by atoms with Gasteiger partial charge in [0.25, 0.3) is 0 Å². The lowest BCUT2D eigenvalue weighted by Crippen LogP contribution is -2.39. The largest absolute Gasteiger partial charge is 0.497 e. The Morgan fingerprint density at radius 2 is 2.07 bits per heavy atom. The molecule has 2 N–H and O–H groups in total. The monoisotopic (exact) mass is 417 g/mol. The predicted octanol–water partition coefficient (Wildman–Crippen LogP) is 3.23. The second-order valence-corrected chi connectivity index (χ2v) is 7.88. The van der Waals surface area contributed by atoms with Gasteiger partial charge in [-0.25, -0.2) is 4.98 Å². The summed E-state index contributed by atoms with van der Waals surface area (Å²) in [6.45, 7) is 5.11. The van der Waals surface area contributed by atoms with Crippen LogP contribution in [0.5, 0.6) is 11.5 Å². The quantitative estimate of drug-likeness (QED) is 0.508. The average molecular weight is 418 g/mol. The second kappa shape index (κ2) is 10.3. The normalized spacial score (nSPS) is 15.3. The molecule has 1 aliphatic rings. The Hall–Kier alpha value is -2.48. The molecule has 2 heterocycles. The summed E-state index contributed by atoms with van der Waals surface area (Å²) in [7, 11) is 5.12. The molecular weight excluding hydrogens is 386 g/mol. The van der Waals surface area contributed by atoms with Gasteiger partial charge in [-0.3, -0.25) is 4.99 Å². The van der Waals surface area contributed by atoms with E-state index in [0.717, 1.165) is 59.9 Å². The number of hydrogen-bond donors (Lipinski definition) is 2. The van der Waals surface area contributed by atoms with E-state index in [-0.39, 0.29) is 6.04 Å². The zero-order valence-corrected chi connectivity index (χ0v) is 18.5. The Kier molecular flexibility index (Phi) is 7.57. The van der Waals surface area contributed by atoms with Crippen molar-refractivity contribution in [2.24, 2.45) is 4.99 Å². The van der Waals surface area contributed by atoms with E-state index in [4.69, 9.17) is 14.5 Å². The fraction of sp³-hybridized carbons (Fsp3) is 0.524. The lowest BCUT2D eigenvalue weighted by Gasteiger charge is -2.20. The molecule has 7 nitrogen and oxygen atoms in total. The zero-order valence-electron chi connectivity index (χ0n) is 17.7. The van der Waals surface area contributed by atoms with Gasteiger partial charge in [0.15, 0.2) is 11.1 Å². The summed E-state index contributed by atoms with van der Waals surface area (Å²) in [5.41, 5.74) is 2.15. The van der Waals surface area contributed by atoms with E-state index in [0.29, 0.717) is 0 Å². The molecule has 0 radical (unpaired) electrons. The highest BCUT2D eigenvalue weighted by Gasteiger charge is 2.16. The number of nitrogens with one attached hydrogen (secondary N) is 2. The maximum Gasteiger partial charge on any atom is 0.191 e. The van der Waals surface area contributed by atoms with E-state index < -0.39 is 0 Å². The van der Waals surface area contributed by atoms with Crippen LogP contribution in [0.2, 0.25) is 0 Å². The van der Waals surface area contributed by atoms with Gasteiger partial charge in [0.1, 0.15) is 11.5 Å². The van der Waals surface area contributed by atoms with Crippen LogP contribution in [0.25, 0.3) is 0 Å². The van der Waals surface area contributed by atoms with Gasteiger partial charge in [0.2, 0.25) is 0 Å². The zero-order chi connectivity index (χ0) is 20.6. The first-order valence-electron chi connectivity index (χ1n) is 10.0. The number of methoxy groups -OCH3 is 2. The summed E-state index contributed by atoms with van der Waals surface area (Å²) < 4.78 is 10.8. The smallest absolute Gasteiger partial charge is 0.191 e. The second-order valence-electron chi connectivity index (χ2n) is 7.04. The molecule has 1 aromatic carbocycles. The summed E-state index contributed by atoms with van der Waals surface area (Å²) in [5, 5.41) is 10.1. The first kappa shape index (κ1) is 21.2. The topological polar surface area (TPSA) is 71.0 Å². The van der Waals surface area contributed by atoms with Crippen molar-refractivity contribution in [2.75, 3.05) is 45.8 Å². The summed E-state index contributed by atoms with van der Waals surface area (Å²) in [6, 6.07) is 5.81. The molecule has 8 heteroatoms. The van der Waals surface area contributed by atoms with Crippen LogP contribution >= 0.6 is 11.3 Å². The lowest BCUT2D eigenvalue weighted by atomic mass is 10.1. The molecule has 3 rings (SSSR count). The fourth-order valence-corrected chi connectivity index (χ4v) is 4.34. The Morgan fingerprint density at radius 1 is 1.28 bits per heavy atom. The number of rotatable bonds is 8. The SMILES string of the molecule is CN=C(NCCc1csc(N2CCCC2)n1)NC(C)c1cc(OC)ccc1OC. The standard InChI is InChI=1S/C21H31N5O2S/c1-15(18-13-17(27-3)7-8-19(18)28-4)24-20(22-2)23-10-9-16-14-29-21(25-16)26-11-5-6-12-26/h7-8,13-15H,5-6,9-12H2,1-4H3,(H2,22,23,24). The van der Waals surface area contributed by atoms with Crippen LogP contribution in [0.15, 0.2) is 28.6 Å². The van der Waals surface area contributed by atoms with Crippen LogP contribution in [-0.2, 0) is 6.42 Å². The highest BCUT2D eigenvalue weighted by Crippen LogP contribution is 2.29. The van der Waals surface area contributed by atoms with Gasteiger partial charge in [-0.2, -0.15) is 0 Å². The molecule has 0 spiro atoms. The molecule has 0 amide bonds. The first-order chi connectivity index (χ1) is 14.1. The van der Waals surface area contributed by atoms with Crippen molar-refractivity contribution in [3.05, 3.63) is 34.8 Å². The summed E-state index contributed by atoms with van der Waals surface area (Å²) >= 11 is 1.74. The number of aromatic nitrogens is 1. The molecule has 1 aromatic heterocycles. The van der Waals surface area contributed by atoms with Crippen LogP contribution in [0.1, 0.15) is 37.1 Å². The van der Waals surface area contributed by atoms with Crippen molar-refractivity contribution in [1.29, 1.82) is 0 Å². The van der Waals surface area contributed by atoms with Gasteiger partial charge in [-0.15, -0.1) is 11.3 Å². The predicted molar refractivity (Wildman–Crippen MR) is 120 cm³/mol. The lowest BCUT2D eigenvalue weighted by molar-refractivity contribution is 0.394. The molecule has 0 bridgehead atoms. The van der Waals surface area contributed by atoms with Crippen molar-refractivity contribution >= 4 is 22.4 Å². The van der Waals surface area contributed by atoms with Crippen molar-refractivity contribution < 1.29 is 9.47 Å². The number of nitrogens with zero attached hydrogens (tertiary/aromatic N) is 3. The Balaban J connectivity index is 1.53. The van der Waals surface area contributed by atoms with Crippen molar-refractivity contribution in [2.45, 2.75) is 32.2 Å². The molecule has 29 heavy (non-hydrogen) atoms. The van der Waals surface area contributed by atoms with Crippen molar-refractivity contribution in [3.63, 3.8) is 0 Å². The van der Waals surface area contributed by atoms with E-state index in [1.165, 1.54) is 12.8 Å².